The lowest BCUT2D eigenvalue weighted by atomic mass is 10.1. The largest absolute Gasteiger partial charge is 0.368 e. The molecule has 2 heterocycles. The van der Waals surface area contributed by atoms with Gasteiger partial charge in [-0.15, -0.1) is 0 Å². The van der Waals surface area contributed by atoms with Crippen LogP contribution in [0.4, 0.5) is 0 Å². The second-order valence-corrected chi connectivity index (χ2v) is 4.24. The maximum atomic E-state index is 12.1. The monoisotopic (exact) mass is 245 g/mol. The van der Waals surface area contributed by atoms with Crippen LogP contribution in [0.3, 0.4) is 0 Å². The maximum absolute atomic E-state index is 12.1. The second-order valence-electron chi connectivity index (χ2n) is 4.24. The number of hydrogen-bond donors (Lipinski definition) is 0. The molecule has 0 saturated carbocycles. The summed E-state index contributed by atoms with van der Waals surface area (Å²) in [6.07, 6.45) is 2.83. The number of nitriles is 1. The van der Waals surface area contributed by atoms with Crippen molar-refractivity contribution >= 4 is 5.91 Å². The first-order valence-electron chi connectivity index (χ1n) is 5.93. The number of aromatic nitrogens is 1. The van der Waals surface area contributed by atoms with Gasteiger partial charge in [0, 0.05) is 19.9 Å². The van der Waals surface area contributed by atoms with Gasteiger partial charge in [0.05, 0.1) is 11.8 Å². The summed E-state index contributed by atoms with van der Waals surface area (Å²) in [5.41, 5.74) is 0.578. The number of amides is 1. The molecule has 1 saturated heterocycles. The van der Waals surface area contributed by atoms with E-state index in [1.165, 1.54) is 4.90 Å². The fourth-order valence-electron chi connectivity index (χ4n) is 2.02. The third-order valence-corrected chi connectivity index (χ3v) is 3.03. The van der Waals surface area contributed by atoms with Crippen LogP contribution in [-0.4, -0.2) is 35.5 Å². The number of carbonyl (C=O) groups is 1. The summed E-state index contributed by atoms with van der Waals surface area (Å²) in [6, 6.07) is 6.77. The minimum absolute atomic E-state index is 0.148. The van der Waals surface area contributed by atoms with Gasteiger partial charge >= 0.3 is 0 Å². The molecule has 2 atom stereocenters. The first-order chi connectivity index (χ1) is 8.74. The van der Waals surface area contributed by atoms with E-state index in [2.05, 4.69) is 11.1 Å². The predicted octanol–water partition coefficient (Wildman–Crippen LogP) is 1.28. The lowest BCUT2D eigenvalue weighted by molar-refractivity contribution is -0.140. The zero-order valence-corrected chi connectivity index (χ0v) is 10.2. The minimum Gasteiger partial charge on any atom is -0.368 e. The molecular weight excluding hydrogens is 230 g/mol. The van der Waals surface area contributed by atoms with Gasteiger partial charge in [-0.1, -0.05) is 6.07 Å². The van der Waals surface area contributed by atoms with Crippen molar-refractivity contribution in [3.8, 4) is 6.07 Å². The van der Waals surface area contributed by atoms with E-state index < -0.39 is 12.1 Å². The Balaban J connectivity index is 2.13. The van der Waals surface area contributed by atoms with E-state index in [4.69, 9.17) is 4.74 Å². The van der Waals surface area contributed by atoms with Gasteiger partial charge < -0.3 is 9.64 Å². The van der Waals surface area contributed by atoms with Crippen LogP contribution in [0.25, 0.3) is 0 Å². The fraction of sp³-hybridized carbons (Fsp3) is 0.462. The second kappa shape index (κ2) is 5.61. The van der Waals surface area contributed by atoms with Crippen molar-refractivity contribution in [3.05, 3.63) is 30.1 Å². The van der Waals surface area contributed by atoms with Gasteiger partial charge in [0.15, 0.2) is 6.04 Å². The number of rotatable bonds is 3. The lowest BCUT2D eigenvalue weighted by Crippen LogP contribution is -2.38. The highest BCUT2D eigenvalue weighted by Gasteiger charge is 2.31. The van der Waals surface area contributed by atoms with E-state index in [0.29, 0.717) is 12.3 Å². The molecular formula is C13H15N3O2. The number of hydrogen-bond acceptors (Lipinski definition) is 4. The van der Waals surface area contributed by atoms with Crippen molar-refractivity contribution in [2.75, 3.05) is 13.7 Å². The highest BCUT2D eigenvalue weighted by atomic mass is 16.5. The Morgan fingerprint density at radius 1 is 1.67 bits per heavy atom. The molecule has 5 nitrogen and oxygen atoms in total. The molecule has 1 aromatic heterocycles. The molecule has 1 aliphatic rings. The topological polar surface area (TPSA) is 66.2 Å². The van der Waals surface area contributed by atoms with Gasteiger partial charge in [-0.25, -0.2) is 0 Å². The van der Waals surface area contributed by atoms with Gasteiger partial charge in [-0.3, -0.25) is 9.78 Å². The normalized spacial score (nSPS) is 20.1. The molecule has 5 heteroatoms. The number of carbonyl (C=O) groups excluding carboxylic acids is 1. The number of pyridine rings is 1. The van der Waals surface area contributed by atoms with Gasteiger partial charge in [-0.2, -0.15) is 5.26 Å². The molecule has 18 heavy (non-hydrogen) atoms. The van der Waals surface area contributed by atoms with E-state index in [-0.39, 0.29) is 5.91 Å². The Bertz CT molecular complexity index is 449. The Labute approximate surface area is 106 Å². The minimum atomic E-state index is -0.664. The lowest BCUT2D eigenvalue weighted by Gasteiger charge is -2.24. The molecule has 0 N–H and O–H groups in total. The number of likely N-dealkylation sites (N-methyl/N-ethyl adjacent to an activating group) is 1. The van der Waals surface area contributed by atoms with Crippen LogP contribution in [0.1, 0.15) is 24.6 Å². The van der Waals surface area contributed by atoms with E-state index >= 15 is 0 Å². The first-order valence-corrected chi connectivity index (χ1v) is 5.93. The zero-order valence-electron chi connectivity index (χ0n) is 10.2. The Morgan fingerprint density at radius 3 is 3.06 bits per heavy atom. The summed E-state index contributed by atoms with van der Waals surface area (Å²) < 4.78 is 5.35. The van der Waals surface area contributed by atoms with Crippen molar-refractivity contribution in [1.82, 2.24) is 9.88 Å². The Morgan fingerprint density at radius 2 is 2.50 bits per heavy atom. The average molecular weight is 245 g/mol. The maximum Gasteiger partial charge on any atom is 0.252 e. The quantitative estimate of drug-likeness (QED) is 0.804. The highest BCUT2D eigenvalue weighted by molar-refractivity contribution is 5.81. The standard InChI is InChI=1S/C13H15N3O2/c1-16(13(17)12-6-4-8-18-12)11(9-14)10-5-2-3-7-15-10/h2-3,5,7,11-12H,4,6,8H2,1H3. The van der Waals surface area contributed by atoms with E-state index in [1.807, 2.05) is 0 Å². The molecule has 1 aliphatic heterocycles. The van der Waals surface area contributed by atoms with Gasteiger partial charge in [0.1, 0.15) is 6.10 Å². The fourth-order valence-corrected chi connectivity index (χ4v) is 2.02. The molecule has 2 rings (SSSR count). The van der Waals surface area contributed by atoms with Crippen molar-refractivity contribution < 1.29 is 9.53 Å². The summed E-state index contributed by atoms with van der Waals surface area (Å²) >= 11 is 0. The Hall–Kier alpha value is -1.93. The molecule has 1 amide bonds. The molecule has 0 aromatic carbocycles. The van der Waals surface area contributed by atoms with Crippen LogP contribution in [0.5, 0.6) is 0 Å². The molecule has 0 aliphatic carbocycles. The molecule has 0 spiro atoms. The van der Waals surface area contributed by atoms with Crippen LogP contribution in [0.15, 0.2) is 24.4 Å². The third kappa shape index (κ3) is 2.49. The summed E-state index contributed by atoms with van der Waals surface area (Å²) in [7, 11) is 1.62. The SMILES string of the molecule is CN(C(=O)C1CCCO1)C(C#N)c1ccccn1. The van der Waals surface area contributed by atoms with Crippen LogP contribution in [0, 0.1) is 11.3 Å². The van der Waals surface area contributed by atoms with Crippen LogP contribution < -0.4 is 0 Å². The van der Waals surface area contributed by atoms with E-state index in [0.717, 1.165) is 12.8 Å². The Kier molecular flexibility index (Phi) is 3.90. The summed E-state index contributed by atoms with van der Waals surface area (Å²) in [5.74, 6) is -0.148. The zero-order chi connectivity index (χ0) is 13.0. The summed E-state index contributed by atoms with van der Waals surface area (Å²) in [5, 5.41) is 9.22. The van der Waals surface area contributed by atoms with Crippen molar-refractivity contribution in [3.63, 3.8) is 0 Å². The van der Waals surface area contributed by atoms with Crippen LogP contribution in [-0.2, 0) is 9.53 Å². The van der Waals surface area contributed by atoms with E-state index in [9.17, 15) is 10.1 Å². The predicted molar refractivity (Wildman–Crippen MR) is 64.3 cm³/mol. The molecule has 2 unspecified atom stereocenters. The molecule has 0 bridgehead atoms. The molecule has 1 fully saturated rings. The number of ether oxygens (including phenoxy) is 1. The summed E-state index contributed by atoms with van der Waals surface area (Å²) in [4.78, 5) is 17.7. The van der Waals surface area contributed by atoms with Crippen molar-refractivity contribution in [2.45, 2.75) is 25.0 Å². The van der Waals surface area contributed by atoms with Gasteiger partial charge in [-0.05, 0) is 25.0 Å². The van der Waals surface area contributed by atoms with Gasteiger partial charge in [0.2, 0.25) is 0 Å². The van der Waals surface area contributed by atoms with Crippen molar-refractivity contribution in [2.24, 2.45) is 0 Å². The number of nitrogens with zero attached hydrogens (tertiary/aromatic N) is 3. The average Bonchev–Trinajstić information content (AvgIpc) is 2.94. The smallest absolute Gasteiger partial charge is 0.252 e. The van der Waals surface area contributed by atoms with E-state index in [1.54, 1.807) is 31.4 Å². The molecule has 94 valence electrons. The van der Waals surface area contributed by atoms with Crippen molar-refractivity contribution in [1.29, 1.82) is 5.26 Å². The highest BCUT2D eigenvalue weighted by Crippen LogP contribution is 2.21. The first kappa shape index (κ1) is 12.5. The molecule has 0 radical (unpaired) electrons. The summed E-state index contributed by atoms with van der Waals surface area (Å²) in [6.45, 7) is 0.616. The van der Waals surface area contributed by atoms with Crippen LogP contribution in [0.2, 0.25) is 0 Å². The molecule has 1 aromatic rings. The third-order valence-electron chi connectivity index (χ3n) is 3.03. The van der Waals surface area contributed by atoms with Gasteiger partial charge in [0.25, 0.3) is 5.91 Å². The van der Waals surface area contributed by atoms with Crippen LogP contribution >= 0.6 is 0 Å².